The number of aromatic nitrogens is 3. The number of nitrogens with zero attached hydrogens (tertiary/aromatic N) is 4. The third-order valence-electron chi connectivity index (χ3n) is 6.53. The molecular formula is C27H26FN5O. The van der Waals surface area contributed by atoms with Crippen LogP contribution in [0, 0.1) is 17.1 Å². The van der Waals surface area contributed by atoms with Crippen LogP contribution < -0.4 is 10.1 Å². The van der Waals surface area contributed by atoms with Crippen molar-refractivity contribution in [2.24, 2.45) is 0 Å². The van der Waals surface area contributed by atoms with Gasteiger partial charge in [-0.1, -0.05) is 49.6 Å². The maximum atomic E-state index is 13.5. The van der Waals surface area contributed by atoms with Crippen LogP contribution in [0.3, 0.4) is 0 Å². The zero-order valence-corrected chi connectivity index (χ0v) is 18.9. The van der Waals surface area contributed by atoms with Crippen LogP contribution in [0.2, 0.25) is 0 Å². The molecule has 1 fully saturated rings. The van der Waals surface area contributed by atoms with Crippen molar-refractivity contribution in [3.8, 4) is 11.9 Å². The Bertz CT molecular complexity index is 1300. The number of ether oxygens (including phenoxy) is 1. The van der Waals surface area contributed by atoms with Crippen LogP contribution in [0.4, 0.5) is 15.9 Å². The van der Waals surface area contributed by atoms with Gasteiger partial charge in [0.15, 0.2) is 5.82 Å². The molecular weight excluding hydrogens is 429 g/mol. The van der Waals surface area contributed by atoms with E-state index in [1.165, 1.54) is 18.6 Å². The largest absolute Gasteiger partial charge is 0.472 e. The predicted octanol–water partition coefficient (Wildman–Crippen LogP) is 6.47. The maximum Gasteiger partial charge on any atom is 0.227 e. The highest BCUT2D eigenvalue weighted by molar-refractivity contribution is 5.96. The van der Waals surface area contributed by atoms with Crippen molar-refractivity contribution in [2.45, 2.75) is 50.7 Å². The van der Waals surface area contributed by atoms with Gasteiger partial charge in [-0.25, -0.2) is 9.37 Å². The molecule has 1 aliphatic carbocycles. The van der Waals surface area contributed by atoms with Gasteiger partial charge in [-0.2, -0.15) is 10.4 Å². The summed E-state index contributed by atoms with van der Waals surface area (Å²) in [5.41, 5.74) is 2.25. The van der Waals surface area contributed by atoms with E-state index >= 15 is 0 Å². The molecule has 2 aromatic heterocycles. The second-order valence-corrected chi connectivity index (χ2v) is 8.80. The summed E-state index contributed by atoms with van der Waals surface area (Å²) in [7, 11) is 0. The first-order chi connectivity index (χ1) is 16.7. The summed E-state index contributed by atoms with van der Waals surface area (Å²) in [5.74, 6) is 0.755. The van der Waals surface area contributed by atoms with Crippen LogP contribution in [0.5, 0.6) is 5.88 Å². The highest BCUT2D eigenvalue weighted by Crippen LogP contribution is 2.42. The van der Waals surface area contributed by atoms with Gasteiger partial charge < -0.3 is 10.1 Å². The van der Waals surface area contributed by atoms with Gasteiger partial charge in [0.05, 0.1) is 23.5 Å². The van der Waals surface area contributed by atoms with Crippen molar-refractivity contribution in [3.05, 3.63) is 78.2 Å². The smallest absolute Gasteiger partial charge is 0.227 e. The molecule has 2 heterocycles. The molecule has 1 N–H and O–H groups in total. The topological polar surface area (TPSA) is 75.8 Å². The number of nitriles is 1. The van der Waals surface area contributed by atoms with Crippen molar-refractivity contribution in [1.29, 1.82) is 5.26 Å². The Labute approximate surface area is 198 Å². The summed E-state index contributed by atoms with van der Waals surface area (Å²) in [4.78, 5) is 4.52. The molecule has 0 bridgehead atoms. The Balaban J connectivity index is 1.61. The van der Waals surface area contributed by atoms with Gasteiger partial charge in [0.25, 0.3) is 0 Å². The first-order valence-electron chi connectivity index (χ1n) is 11.6. The number of hydrogen-bond acceptors (Lipinski definition) is 5. The third-order valence-corrected chi connectivity index (χ3v) is 6.53. The average molecular weight is 456 g/mol. The van der Waals surface area contributed by atoms with E-state index in [1.807, 2.05) is 41.1 Å². The second kappa shape index (κ2) is 9.52. The number of anilines is 2. The zero-order valence-electron chi connectivity index (χ0n) is 18.9. The normalized spacial score (nSPS) is 15.1. The van der Waals surface area contributed by atoms with Crippen LogP contribution in [0.15, 0.2) is 66.9 Å². The summed E-state index contributed by atoms with van der Waals surface area (Å²) < 4.78 is 21.7. The van der Waals surface area contributed by atoms with Gasteiger partial charge >= 0.3 is 0 Å². The standard InChI is InChI=1S/C27H26FN5O/c28-21-9-11-22(12-10-21)31-25-24-23(33(32-25)27(16-17-29)14-5-2-6-15-27)13-18-30-26(24)34-19-20-7-3-1-4-8-20/h1,3-4,7-13,18H,2,5-6,14-16,19H2,(H,31,32). The average Bonchev–Trinajstić information content (AvgIpc) is 3.25. The minimum atomic E-state index is -0.369. The summed E-state index contributed by atoms with van der Waals surface area (Å²) in [6, 6.07) is 20.4. The monoisotopic (exact) mass is 455 g/mol. The van der Waals surface area contributed by atoms with Crippen molar-refractivity contribution in [2.75, 3.05) is 5.32 Å². The Hall–Kier alpha value is -3.92. The molecule has 1 aliphatic rings. The molecule has 0 unspecified atom stereocenters. The summed E-state index contributed by atoms with van der Waals surface area (Å²) >= 11 is 0. The molecule has 5 rings (SSSR count). The highest BCUT2D eigenvalue weighted by Gasteiger charge is 2.37. The van der Waals surface area contributed by atoms with Crippen molar-refractivity contribution in [1.82, 2.24) is 14.8 Å². The van der Waals surface area contributed by atoms with Gasteiger partial charge in [0.1, 0.15) is 17.8 Å². The van der Waals surface area contributed by atoms with E-state index in [9.17, 15) is 9.65 Å². The van der Waals surface area contributed by atoms with E-state index < -0.39 is 0 Å². The van der Waals surface area contributed by atoms with E-state index in [0.717, 1.165) is 42.1 Å². The van der Waals surface area contributed by atoms with Crippen LogP contribution in [0.25, 0.3) is 10.9 Å². The lowest BCUT2D eigenvalue weighted by Gasteiger charge is -2.36. The van der Waals surface area contributed by atoms with Gasteiger partial charge in [0, 0.05) is 11.9 Å². The quantitative estimate of drug-likeness (QED) is 0.346. The minimum absolute atomic E-state index is 0.301. The molecule has 2 aromatic carbocycles. The number of pyridine rings is 1. The van der Waals surface area contributed by atoms with Crippen LogP contribution in [-0.4, -0.2) is 14.8 Å². The lowest BCUT2D eigenvalue weighted by atomic mass is 9.79. The Morgan fingerprint density at radius 3 is 2.53 bits per heavy atom. The molecule has 7 heteroatoms. The van der Waals surface area contributed by atoms with E-state index in [1.54, 1.807) is 18.3 Å². The first-order valence-corrected chi connectivity index (χ1v) is 11.6. The lowest BCUT2D eigenvalue weighted by Crippen LogP contribution is -2.36. The number of hydrogen-bond donors (Lipinski definition) is 1. The molecule has 0 saturated heterocycles. The van der Waals surface area contributed by atoms with Crippen LogP contribution in [0.1, 0.15) is 44.1 Å². The van der Waals surface area contributed by atoms with Gasteiger partial charge in [-0.3, -0.25) is 4.68 Å². The zero-order chi connectivity index (χ0) is 23.4. The Morgan fingerprint density at radius 2 is 1.79 bits per heavy atom. The minimum Gasteiger partial charge on any atom is -0.472 e. The highest BCUT2D eigenvalue weighted by atomic mass is 19.1. The summed E-state index contributed by atoms with van der Waals surface area (Å²) in [6.07, 6.45) is 7.21. The molecule has 0 spiro atoms. The lowest BCUT2D eigenvalue weighted by molar-refractivity contribution is 0.185. The Kier molecular flexibility index (Phi) is 6.13. The SMILES string of the molecule is N#CCC1(n2nc(Nc3ccc(F)cc3)c3c(OCc4ccccc4)nccc32)CCCCC1. The molecule has 6 nitrogen and oxygen atoms in total. The van der Waals surface area contributed by atoms with E-state index in [-0.39, 0.29) is 11.4 Å². The van der Waals surface area contributed by atoms with Gasteiger partial charge in [-0.15, -0.1) is 0 Å². The van der Waals surface area contributed by atoms with Gasteiger partial charge in [-0.05, 0) is 48.7 Å². The number of halogens is 1. The fourth-order valence-electron chi connectivity index (χ4n) is 4.81. The van der Waals surface area contributed by atoms with E-state index in [2.05, 4.69) is 16.4 Å². The Morgan fingerprint density at radius 1 is 1.03 bits per heavy atom. The molecule has 4 aromatic rings. The number of rotatable bonds is 7. The first kappa shape index (κ1) is 21.9. The van der Waals surface area contributed by atoms with Crippen molar-refractivity contribution >= 4 is 22.4 Å². The molecule has 0 aliphatic heterocycles. The van der Waals surface area contributed by atoms with Crippen molar-refractivity contribution < 1.29 is 9.13 Å². The predicted molar refractivity (Wildman–Crippen MR) is 129 cm³/mol. The molecule has 34 heavy (non-hydrogen) atoms. The summed E-state index contributed by atoms with van der Waals surface area (Å²) in [5, 5.41) is 18.7. The molecule has 1 saturated carbocycles. The second-order valence-electron chi connectivity index (χ2n) is 8.80. The van der Waals surface area contributed by atoms with Crippen LogP contribution in [-0.2, 0) is 12.1 Å². The van der Waals surface area contributed by atoms with Crippen LogP contribution >= 0.6 is 0 Å². The van der Waals surface area contributed by atoms with E-state index in [4.69, 9.17) is 9.84 Å². The fourth-order valence-corrected chi connectivity index (χ4v) is 4.81. The maximum absolute atomic E-state index is 13.5. The molecule has 0 amide bonds. The summed E-state index contributed by atoms with van der Waals surface area (Å²) in [6.45, 7) is 0.372. The number of fused-ring (bicyclic) bond motifs is 1. The molecule has 0 atom stereocenters. The molecule has 172 valence electrons. The fraction of sp³-hybridized carbons (Fsp3) is 0.296. The van der Waals surface area contributed by atoms with E-state index in [0.29, 0.717) is 30.4 Å². The number of nitrogens with one attached hydrogen (secondary N) is 1. The van der Waals surface area contributed by atoms with Gasteiger partial charge in [0.2, 0.25) is 5.88 Å². The number of benzene rings is 2. The third kappa shape index (κ3) is 4.32. The van der Waals surface area contributed by atoms with Crippen molar-refractivity contribution in [3.63, 3.8) is 0 Å². The molecule has 0 radical (unpaired) electrons.